The van der Waals surface area contributed by atoms with Gasteiger partial charge in [0.25, 0.3) is 5.56 Å². The highest BCUT2D eigenvalue weighted by Crippen LogP contribution is 2.32. The molecule has 4 heterocycles. The molecule has 5 rings (SSSR count). The van der Waals surface area contributed by atoms with Crippen LogP contribution in [0.1, 0.15) is 65.4 Å². The van der Waals surface area contributed by atoms with Gasteiger partial charge < -0.3 is 15.5 Å². The van der Waals surface area contributed by atoms with E-state index in [4.69, 9.17) is 11.0 Å². The van der Waals surface area contributed by atoms with E-state index in [9.17, 15) is 9.59 Å². The SMILES string of the molecule is [2H]C1([2H])CN(c2ccc(Nc3ncc4c(C)c(C(C)=O)c(=O)n(C5CC([2H])([2H])C([2H])([2H])C5)c4n3)nc2)CC([2H])([2H])N1. The summed E-state index contributed by atoms with van der Waals surface area (Å²) in [5.74, 6) is -0.0993. The zero-order valence-corrected chi connectivity index (χ0v) is 18.3. The van der Waals surface area contributed by atoms with Crippen molar-refractivity contribution in [3.05, 3.63) is 46.0 Å². The van der Waals surface area contributed by atoms with E-state index >= 15 is 0 Å². The molecule has 33 heavy (non-hydrogen) atoms. The maximum Gasteiger partial charge on any atom is 0.263 e. The molecule has 1 saturated heterocycles. The van der Waals surface area contributed by atoms with Gasteiger partial charge in [-0.25, -0.2) is 9.97 Å². The zero-order valence-electron chi connectivity index (χ0n) is 26.3. The van der Waals surface area contributed by atoms with Gasteiger partial charge in [0.1, 0.15) is 11.5 Å². The van der Waals surface area contributed by atoms with Crippen LogP contribution in [0, 0.1) is 6.92 Å². The van der Waals surface area contributed by atoms with Crippen LogP contribution in [0.5, 0.6) is 0 Å². The van der Waals surface area contributed by atoms with Gasteiger partial charge in [0.15, 0.2) is 5.78 Å². The highest BCUT2D eigenvalue weighted by atomic mass is 16.1. The Hall–Kier alpha value is -3.33. The average molecular weight is 456 g/mol. The summed E-state index contributed by atoms with van der Waals surface area (Å²) < 4.78 is 65.6. The van der Waals surface area contributed by atoms with Crippen LogP contribution in [0.15, 0.2) is 29.3 Å². The number of aromatic nitrogens is 4. The van der Waals surface area contributed by atoms with E-state index in [2.05, 4.69) is 25.6 Å². The number of aryl methyl sites for hydroxylation is 1. The quantitative estimate of drug-likeness (QED) is 0.566. The fourth-order valence-electron chi connectivity index (χ4n) is 4.11. The second kappa shape index (κ2) is 8.90. The summed E-state index contributed by atoms with van der Waals surface area (Å²) in [6, 6.07) is 2.36. The predicted molar refractivity (Wildman–Crippen MR) is 129 cm³/mol. The predicted octanol–water partition coefficient (Wildman–Crippen LogP) is 2.97. The minimum absolute atomic E-state index is 0.0553. The minimum atomic E-state index is -2.19. The first-order valence-corrected chi connectivity index (χ1v) is 10.6. The van der Waals surface area contributed by atoms with E-state index in [0.29, 0.717) is 22.5 Å². The number of pyridine rings is 2. The second-order valence-electron chi connectivity index (χ2n) is 7.94. The van der Waals surface area contributed by atoms with E-state index in [1.807, 2.05) is 0 Å². The number of hydrogen-bond donors (Lipinski definition) is 2. The number of nitrogens with zero attached hydrogens (tertiary/aromatic N) is 5. The smallest absolute Gasteiger partial charge is 0.263 e. The van der Waals surface area contributed by atoms with E-state index in [0.717, 1.165) is 0 Å². The lowest BCUT2D eigenvalue weighted by Gasteiger charge is -2.29. The molecule has 0 radical (unpaired) electrons. The Morgan fingerprint density at radius 2 is 1.94 bits per heavy atom. The molecule has 2 fully saturated rings. The standard InChI is InChI=1S/C24H29N7O2/c1-15-19-14-27-24(28-20-8-7-18(13-26-20)30-11-9-25-10-12-30)29-22(19)31(17-5-3-4-6-17)23(33)21(15)16(2)32/h7-8,13-14,17,25H,3-6,9-12H2,1-2H3,(H,26,27,28,29)/i3D2,4D2,9D2,10D2. The molecule has 0 atom stereocenters. The Bertz CT molecular complexity index is 1560. The summed E-state index contributed by atoms with van der Waals surface area (Å²) in [4.78, 5) is 40.6. The number of rotatable bonds is 5. The third-order valence-electron chi connectivity index (χ3n) is 5.80. The van der Waals surface area contributed by atoms with E-state index in [-0.39, 0.29) is 43.1 Å². The van der Waals surface area contributed by atoms with Gasteiger partial charge in [-0.2, -0.15) is 4.98 Å². The van der Waals surface area contributed by atoms with Crippen molar-refractivity contribution in [1.82, 2.24) is 24.8 Å². The topological polar surface area (TPSA) is 105 Å². The molecule has 9 nitrogen and oxygen atoms in total. The van der Waals surface area contributed by atoms with Gasteiger partial charge in [0.2, 0.25) is 5.95 Å². The normalized spacial score (nSPS) is 26.7. The molecule has 0 aromatic carbocycles. The molecule has 1 aliphatic carbocycles. The molecule has 3 aromatic heterocycles. The molecule has 1 aliphatic heterocycles. The zero-order chi connectivity index (χ0) is 30.1. The Labute approximate surface area is 203 Å². The van der Waals surface area contributed by atoms with Crippen LogP contribution >= 0.6 is 0 Å². The summed E-state index contributed by atoms with van der Waals surface area (Å²) in [7, 11) is 0. The first kappa shape index (κ1) is 14.0. The first-order chi connectivity index (χ1) is 18.9. The van der Waals surface area contributed by atoms with Gasteiger partial charge >= 0.3 is 0 Å². The second-order valence-corrected chi connectivity index (χ2v) is 7.94. The Kier molecular flexibility index (Phi) is 3.79. The molecular weight excluding hydrogens is 418 g/mol. The molecule has 0 bridgehead atoms. The number of Topliss-reactive ketones (excluding diaryl/α,β-unsaturated/α-hetero) is 1. The van der Waals surface area contributed by atoms with Crippen molar-refractivity contribution in [2.45, 2.75) is 45.5 Å². The Morgan fingerprint density at radius 1 is 1.18 bits per heavy atom. The van der Waals surface area contributed by atoms with Crippen LogP contribution in [0.4, 0.5) is 17.5 Å². The van der Waals surface area contributed by atoms with Gasteiger partial charge in [-0.1, -0.05) is 12.7 Å². The average Bonchev–Trinajstić information content (AvgIpc) is 3.03. The van der Waals surface area contributed by atoms with Gasteiger partial charge in [-0.3, -0.25) is 14.2 Å². The van der Waals surface area contributed by atoms with E-state index < -0.39 is 43.1 Å². The Balaban J connectivity index is 1.51. The fraction of sp³-hybridized carbons (Fsp3) is 0.458. The lowest BCUT2D eigenvalue weighted by molar-refractivity contribution is 0.101. The number of ketones is 1. The summed E-state index contributed by atoms with van der Waals surface area (Å²) in [5, 5.41) is 5.68. The summed E-state index contributed by atoms with van der Waals surface area (Å²) in [6.07, 6.45) is -2.01. The third kappa shape index (κ3) is 4.08. The van der Waals surface area contributed by atoms with Crippen molar-refractivity contribution in [3.8, 4) is 0 Å². The number of anilines is 3. The molecule has 2 N–H and O–H groups in total. The molecule has 1 saturated carbocycles. The third-order valence-corrected chi connectivity index (χ3v) is 5.80. The lowest BCUT2D eigenvalue weighted by Crippen LogP contribution is -2.43. The van der Waals surface area contributed by atoms with Crippen LogP contribution in [0.2, 0.25) is 0 Å². The van der Waals surface area contributed by atoms with Gasteiger partial charge in [0, 0.05) is 54.7 Å². The number of fused-ring (bicyclic) bond motifs is 1. The number of nitrogens with one attached hydrogen (secondary N) is 2. The van der Waals surface area contributed by atoms with Crippen LogP contribution in [-0.2, 0) is 0 Å². The molecule has 172 valence electrons. The van der Waals surface area contributed by atoms with Crippen LogP contribution in [0.3, 0.4) is 0 Å². The van der Waals surface area contributed by atoms with Gasteiger partial charge in [-0.05, 0) is 44.4 Å². The van der Waals surface area contributed by atoms with E-state index in [1.54, 1.807) is 24.0 Å². The molecular formula is C24H29N7O2. The largest absolute Gasteiger partial charge is 0.368 e. The minimum Gasteiger partial charge on any atom is -0.368 e. The molecule has 9 heteroatoms. The summed E-state index contributed by atoms with van der Waals surface area (Å²) in [6.45, 7) is -1.16. The van der Waals surface area contributed by atoms with Crippen molar-refractivity contribution in [3.63, 3.8) is 0 Å². The lowest BCUT2D eigenvalue weighted by atomic mass is 10.0. The fourth-order valence-corrected chi connectivity index (χ4v) is 4.11. The monoisotopic (exact) mass is 455 g/mol. The summed E-state index contributed by atoms with van der Waals surface area (Å²) in [5.41, 5.74) is 0.283. The highest BCUT2D eigenvalue weighted by molar-refractivity contribution is 5.99. The molecule has 0 spiro atoms. The van der Waals surface area contributed by atoms with Crippen LogP contribution in [0.25, 0.3) is 11.0 Å². The summed E-state index contributed by atoms with van der Waals surface area (Å²) >= 11 is 0. The van der Waals surface area contributed by atoms with Crippen molar-refractivity contribution < 1.29 is 15.8 Å². The molecule has 0 amide bonds. The maximum absolute atomic E-state index is 13.5. The first-order valence-electron chi connectivity index (χ1n) is 14.6. The molecule has 0 unspecified atom stereocenters. The number of carbonyl (C=O) groups excluding carboxylic acids is 1. The van der Waals surface area contributed by atoms with Gasteiger partial charge in [-0.15, -0.1) is 0 Å². The number of carbonyl (C=O) groups is 1. The van der Waals surface area contributed by atoms with Gasteiger partial charge in [0.05, 0.1) is 17.4 Å². The number of piperazine rings is 1. The van der Waals surface area contributed by atoms with Crippen molar-refractivity contribution >= 4 is 34.3 Å². The molecule has 2 aliphatic rings. The molecule has 3 aromatic rings. The van der Waals surface area contributed by atoms with Crippen molar-refractivity contribution in [2.24, 2.45) is 0 Å². The van der Waals surface area contributed by atoms with Crippen LogP contribution < -0.4 is 21.1 Å². The Morgan fingerprint density at radius 3 is 2.61 bits per heavy atom. The number of hydrogen-bond acceptors (Lipinski definition) is 8. The highest BCUT2D eigenvalue weighted by Gasteiger charge is 2.25. The maximum atomic E-state index is 13.5. The van der Waals surface area contributed by atoms with E-state index in [1.165, 1.54) is 23.9 Å². The van der Waals surface area contributed by atoms with Crippen molar-refractivity contribution in [1.29, 1.82) is 0 Å². The van der Waals surface area contributed by atoms with Crippen LogP contribution in [-0.4, -0.2) is 51.4 Å². The van der Waals surface area contributed by atoms with Crippen molar-refractivity contribution in [2.75, 3.05) is 36.3 Å².